The number of aromatic nitrogens is 5. The van der Waals surface area contributed by atoms with Crippen molar-refractivity contribution in [3.63, 3.8) is 0 Å². The maximum Gasteiger partial charge on any atom is 0.168 e. The molecule has 0 aliphatic carbocycles. The van der Waals surface area contributed by atoms with E-state index in [1.54, 1.807) is 6.33 Å². The number of imidazole rings is 1. The molecule has 0 atom stereocenters. The molecule has 0 spiro atoms. The molecule has 5 heteroatoms. The topological polar surface area (TPSA) is 48.5 Å². The van der Waals surface area contributed by atoms with Gasteiger partial charge in [0.25, 0.3) is 0 Å². The van der Waals surface area contributed by atoms with Gasteiger partial charge in [-0.15, -0.1) is 10.2 Å². The van der Waals surface area contributed by atoms with Gasteiger partial charge in [0.15, 0.2) is 5.82 Å². The number of aryl methyl sites for hydroxylation is 3. The lowest BCUT2D eigenvalue weighted by molar-refractivity contribution is 0.947. The third-order valence-corrected chi connectivity index (χ3v) is 5.37. The number of hydrogen-bond donors (Lipinski definition) is 0. The van der Waals surface area contributed by atoms with Crippen LogP contribution in [-0.4, -0.2) is 24.3 Å². The lowest BCUT2D eigenvalue weighted by Crippen LogP contribution is -2.02. The van der Waals surface area contributed by atoms with Crippen LogP contribution in [0.4, 0.5) is 0 Å². The van der Waals surface area contributed by atoms with Crippen LogP contribution in [0.1, 0.15) is 11.1 Å². The van der Waals surface area contributed by atoms with Gasteiger partial charge in [0, 0.05) is 12.6 Å². The molecule has 2 aromatic heterocycles. The van der Waals surface area contributed by atoms with Crippen molar-refractivity contribution in [1.29, 1.82) is 0 Å². The molecule has 0 saturated heterocycles. The minimum absolute atomic E-state index is 0.816. The fourth-order valence-electron chi connectivity index (χ4n) is 4.00. The Kier molecular flexibility index (Phi) is 4.02. The van der Waals surface area contributed by atoms with E-state index in [1.165, 1.54) is 22.3 Å². The molecule has 5 aromatic rings. The fourth-order valence-corrected chi connectivity index (χ4v) is 4.00. The third kappa shape index (κ3) is 2.91. The van der Waals surface area contributed by atoms with Crippen LogP contribution < -0.4 is 0 Å². The summed E-state index contributed by atoms with van der Waals surface area (Å²) in [5, 5.41) is 8.63. The van der Waals surface area contributed by atoms with Gasteiger partial charge in [0.05, 0.1) is 23.0 Å². The summed E-state index contributed by atoms with van der Waals surface area (Å²) in [4.78, 5) is 4.48. The van der Waals surface area contributed by atoms with Gasteiger partial charge in [-0.25, -0.2) is 4.98 Å². The van der Waals surface area contributed by atoms with Gasteiger partial charge in [-0.05, 0) is 66.4 Å². The van der Waals surface area contributed by atoms with E-state index in [2.05, 4.69) is 88.2 Å². The number of rotatable bonds is 3. The lowest BCUT2D eigenvalue weighted by Gasteiger charge is -2.15. The fraction of sp³-hybridized carbons (Fsp3) is 0.125. The van der Waals surface area contributed by atoms with Crippen LogP contribution in [0, 0.1) is 13.8 Å². The summed E-state index contributed by atoms with van der Waals surface area (Å²) in [5.41, 5.74) is 8.97. The molecular formula is C24H21N5. The van der Waals surface area contributed by atoms with Crippen LogP contribution >= 0.6 is 0 Å². The van der Waals surface area contributed by atoms with E-state index in [1.807, 2.05) is 24.0 Å². The van der Waals surface area contributed by atoms with Gasteiger partial charge in [-0.1, -0.05) is 30.3 Å². The summed E-state index contributed by atoms with van der Waals surface area (Å²) >= 11 is 0. The van der Waals surface area contributed by atoms with Gasteiger partial charge in [0.2, 0.25) is 0 Å². The zero-order chi connectivity index (χ0) is 20.0. The van der Waals surface area contributed by atoms with E-state index in [0.29, 0.717) is 0 Å². The highest BCUT2D eigenvalue weighted by Crippen LogP contribution is 2.31. The minimum Gasteiger partial charge on any atom is -0.334 e. The van der Waals surface area contributed by atoms with Crippen molar-refractivity contribution in [1.82, 2.24) is 24.3 Å². The van der Waals surface area contributed by atoms with Crippen LogP contribution in [0.3, 0.4) is 0 Å². The van der Waals surface area contributed by atoms with E-state index >= 15 is 0 Å². The Morgan fingerprint density at radius 3 is 2.28 bits per heavy atom. The second-order valence-corrected chi connectivity index (χ2v) is 7.41. The van der Waals surface area contributed by atoms with E-state index in [4.69, 9.17) is 0 Å². The average molecular weight is 379 g/mol. The van der Waals surface area contributed by atoms with Gasteiger partial charge >= 0.3 is 0 Å². The Balaban J connectivity index is 1.63. The maximum absolute atomic E-state index is 4.48. The van der Waals surface area contributed by atoms with Gasteiger partial charge in [-0.3, -0.25) is 4.57 Å². The Morgan fingerprint density at radius 1 is 0.759 bits per heavy atom. The van der Waals surface area contributed by atoms with Crippen molar-refractivity contribution < 1.29 is 0 Å². The monoisotopic (exact) mass is 379 g/mol. The van der Waals surface area contributed by atoms with Crippen LogP contribution in [0.15, 0.2) is 73.3 Å². The molecule has 0 unspecified atom stereocenters. The zero-order valence-electron chi connectivity index (χ0n) is 16.7. The molecule has 5 rings (SSSR count). The third-order valence-electron chi connectivity index (χ3n) is 5.37. The van der Waals surface area contributed by atoms with Crippen LogP contribution in [-0.2, 0) is 7.05 Å². The first-order valence-corrected chi connectivity index (χ1v) is 9.60. The Morgan fingerprint density at radius 2 is 1.52 bits per heavy atom. The average Bonchev–Trinajstić information content (AvgIpc) is 3.35. The van der Waals surface area contributed by atoms with Crippen molar-refractivity contribution in [3.05, 3.63) is 84.4 Å². The van der Waals surface area contributed by atoms with E-state index < -0.39 is 0 Å². The molecule has 29 heavy (non-hydrogen) atoms. The highest BCUT2D eigenvalue weighted by atomic mass is 15.3. The first kappa shape index (κ1) is 17.4. The molecule has 5 nitrogen and oxygen atoms in total. The molecule has 0 fully saturated rings. The molecule has 0 aliphatic rings. The number of hydrogen-bond acceptors (Lipinski definition) is 3. The molecule has 0 bridgehead atoms. The summed E-state index contributed by atoms with van der Waals surface area (Å²) in [6, 6.07) is 21.1. The Bertz CT molecular complexity index is 1310. The molecule has 2 heterocycles. The predicted octanol–water partition coefficient (Wildman–Crippen LogP) is 5.10. The summed E-state index contributed by atoms with van der Waals surface area (Å²) < 4.78 is 4.09. The molecular weight excluding hydrogens is 358 g/mol. The Hall–Kier alpha value is -3.73. The summed E-state index contributed by atoms with van der Waals surface area (Å²) in [6.45, 7) is 4.28. The summed E-state index contributed by atoms with van der Waals surface area (Å²) in [5.74, 6) is 0.816. The Labute approximate surface area is 169 Å². The summed E-state index contributed by atoms with van der Waals surface area (Å²) in [6.07, 6.45) is 3.62. The predicted molar refractivity (Wildman–Crippen MR) is 116 cm³/mol. The van der Waals surface area contributed by atoms with Crippen molar-refractivity contribution in [2.24, 2.45) is 7.05 Å². The molecule has 0 N–H and O–H groups in total. The first-order valence-electron chi connectivity index (χ1n) is 9.60. The van der Waals surface area contributed by atoms with E-state index in [9.17, 15) is 0 Å². The molecule has 0 amide bonds. The smallest absolute Gasteiger partial charge is 0.168 e. The molecule has 3 aromatic carbocycles. The van der Waals surface area contributed by atoms with Crippen LogP contribution in [0.5, 0.6) is 0 Å². The normalized spacial score (nSPS) is 11.3. The van der Waals surface area contributed by atoms with E-state index in [-0.39, 0.29) is 0 Å². The van der Waals surface area contributed by atoms with Crippen molar-refractivity contribution in [2.75, 3.05) is 0 Å². The quantitative estimate of drug-likeness (QED) is 0.438. The SMILES string of the molecule is Cc1cc(-c2ccccc2)cc(C)c1-n1cnnc1-c1ccc2c(c1)ncn2C. The second kappa shape index (κ2) is 6.71. The number of nitrogens with zero attached hydrogens (tertiary/aromatic N) is 5. The van der Waals surface area contributed by atoms with Crippen molar-refractivity contribution >= 4 is 11.0 Å². The molecule has 0 aliphatic heterocycles. The van der Waals surface area contributed by atoms with Crippen LogP contribution in [0.25, 0.3) is 39.2 Å². The van der Waals surface area contributed by atoms with Gasteiger partial charge < -0.3 is 4.57 Å². The minimum atomic E-state index is 0.816. The highest BCUT2D eigenvalue weighted by molar-refractivity contribution is 5.81. The van der Waals surface area contributed by atoms with Crippen molar-refractivity contribution in [2.45, 2.75) is 13.8 Å². The van der Waals surface area contributed by atoms with Crippen molar-refractivity contribution in [3.8, 4) is 28.2 Å². The van der Waals surface area contributed by atoms with Crippen LogP contribution in [0.2, 0.25) is 0 Å². The lowest BCUT2D eigenvalue weighted by atomic mass is 9.98. The molecule has 0 saturated carbocycles. The second-order valence-electron chi connectivity index (χ2n) is 7.41. The van der Waals surface area contributed by atoms with Gasteiger partial charge in [0.1, 0.15) is 6.33 Å². The highest BCUT2D eigenvalue weighted by Gasteiger charge is 2.15. The number of fused-ring (bicyclic) bond motifs is 1. The largest absolute Gasteiger partial charge is 0.334 e. The first-order chi connectivity index (χ1) is 14.1. The van der Waals surface area contributed by atoms with Gasteiger partial charge in [-0.2, -0.15) is 0 Å². The molecule has 0 radical (unpaired) electrons. The summed E-state index contributed by atoms with van der Waals surface area (Å²) in [7, 11) is 2.00. The maximum atomic E-state index is 4.48. The van der Waals surface area contributed by atoms with E-state index in [0.717, 1.165) is 28.1 Å². The zero-order valence-corrected chi connectivity index (χ0v) is 16.7. The standard InChI is InChI=1S/C24H21N5/c1-16-11-20(18-7-5-4-6-8-18)12-17(2)23(16)29-15-26-27-24(29)19-9-10-22-21(13-19)25-14-28(22)3/h4-15H,1-3H3. The number of benzene rings is 3. The molecule has 142 valence electrons.